The molecule has 0 saturated carbocycles. The fraction of sp³-hybridized carbons (Fsp3) is 0.417. The van der Waals surface area contributed by atoms with Gasteiger partial charge >= 0.3 is 6.09 Å². The predicted molar refractivity (Wildman–Crippen MR) is 60.6 cm³/mol. The van der Waals surface area contributed by atoms with Crippen molar-refractivity contribution in [2.24, 2.45) is 0 Å². The molecule has 0 spiro atoms. The average molecular weight is 220 g/mol. The van der Waals surface area contributed by atoms with E-state index in [1.54, 1.807) is 0 Å². The normalized spacial score (nSPS) is 16.0. The summed E-state index contributed by atoms with van der Waals surface area (Å²) in [7, 11) is 0. The molecule has 0 unspecified atom stereocenters. The molecule has 1 saturated heterocycles. The Kier molecular flexibility index (Phi) is 3.77. The molecule has 1 aliphatic rings. The molecule has 1 heterocycles. The van der Waals surface area contributed by atoms with E-state index in [0.29, 0.717) is 6.61 Å². The van der Waals surface area contributed by atoms with Gasteiger partial charge in [-0.2, -0.15) is 0 Å². The molecular weight excluding hydrogens is 204 g/mol. The first-order valence-electron chi connectivity index (χ1n) is 5.57. The van der Waals surface area contributed by atoms with Gasteiger partial charge in [0.05, 0.1) is 0 Å². The molecule has 0 bridgehead atoms. The molecule has 0 aromatic heterocycles. The minimum atomic E-state index is -0.370. The number of nitrogens with zero attached hydrogens (tertiary/aromatic N) is 1. The summed E-state index contributed by atoms with van der Waals surface area (Å²) in [4.78, 5) is 11.4. The van der Waals surface area contributed by atoms with Crippen LogP contribution in [0.1, 0.15) is 18.4 Å². The summed E-state index contributed by atoms with van der Waals surface area (Å²) >= 11 is 0. The molecular formula is C12H16N2O2. The van der Waals surface area contributed by atoms with Crippen LogP contribution in [0.25, 0.3) is 0 Å². The molecule has 16 heavy (non-hydrogen) atoms. The number of hydrogen-bond acceptors (Lipinski definition) is 3. The van der Waals surface area contributed by atoms with E-state index in [4.69, 9.17) is 4.74 Å². The third kappa shape index (κ3) is 3.24. The standard InChI is InChI=1S/C12H16N2O2/c15-12(13-14-8-4-5-9-14)16-10-11-6-2-1-3-7-11/h1-3,6-7H,4-5,8-10H2,(H,13,15). The highest BCUT2D eigenvalue weighted by molar-refractivity contribution is 5.66. The summed E-state index contributed by atoms with van der Waals surface area (Å²) in [5.41, 5.74) is 3.72. The van der Waals surface area contributed by atoms with E-state index < -0.39 is 0 Å². The van der Waals surface area contributed by atoms with E-state index in [0.717, 1.165) is 31.5 Å². The van der Waals surface area contributed by atoms with Crippen molar-refractivity contribution >= 4 is 6.09 Å². The monoisotopic (exact) mass is 220 g/mol. The predicted octanol–water partition coefficient (Wildman–Crippen LogP) is 1.92. The second kappa shape index (κ2) is 5.51. The molecule has 0 radical (unpaired) electrons. The summed E-state index contributed by atoms with van der Waals surface area (Å²) < 4.78 is 5.10. The van der Waals surface area contributed by atoms with Crippen LogP contribution in [-0.2, 0) is 11.3 Å². The van der Waals surface area contributed by atoms with Crippen LogP contribution in [0.15, 0.2) is 30.3 Å². The number of ether oxygens (including phenoxy) is 1. The number of amides is 1. The number of hydrogen-bond donors (Lipinski definition) is 1. The molecule has 4 heteroatoms. The molecule has 1 aromatic carbocycles. The first-order chi connectivity index (χ1) is 7.84. The zero-order chi connectivity index (χ0) is 11.2. The lowest BCUT2D eigenvalue weighted by Gasteiger charge is -2.15. The van der Waals surface area contributed by atoms with Gasteiger partial charge in [-0.05, 0) is 18.4 Å². The SMILES string of the molecule is O=C(NN1CCCC1)OCc1ccccc1. The van der Waals surface area contributed by atoms with Crippen molar-refractivity contribution in [1.82, 2.24) is 10.4 Å². The van der Waals surface area contributed by atoms with Crippen LogP contribution in [-0.4, -0.2) is 24.2 Å². The van der Waals surface area contributed by atoms with E-state index in [9.17, 15) is 4.79 Å². The second-order valence-electron chi connectivity index (χ2n) is 3.87. The fourth-order valence-corrected chi connectivity index (χ4v) is 1.71. The highest BCUT2D eigenvalue weighted by Crippen LogP contribution is 2.05. The molecule has 1 aromatic rings. The van der Waals surface area contributed by atoms with E-state index in [-0.39, 0.29) is 6.09 Å². The topological polar surface area (TPSA) is 41.6 Å². The van der Waals surface area contributed by atoms with Crippen molar-refractivity contribution in [3.63, 3.8) is 0 Å². The average Bonchev–Trinajstić information content (AvgIpc) is 2.81. The molecule has 1 N–H and O–H groups in total. The zero-order valence-electron chi connectivity index (χ0n) is 9.19. The Labute approximate surface area is 95.2 Å². The smallest absolute Gasteiger partial charge is 0.422 e. The minimum Gasteiger partial charge on any atom is -0.444 e. The lowest BCUT2D eigenvalue weighted by Crippen LogP contribution is -2.40. The van der Waals surface area contributed by atoms with Crippen molar-refractivity contribution in [1.29, 1.82) is 0 Å². The van der Waals surface area contributed by atoms with Crippen molar-refractivity contribution in [2.45, 2.75) is 19.4 Å². The van der Waals surface area contributed by atoms with Gasteiger partial charge < -0.3 is 4.74 Å². The van der Waals surface area contributed by atoms with Gasteiger partial charge in [-0.1, -0.05) is 30.3 Å². The van der Waals surface area contributed by atoms with E-state index in [1.165, 1.54) is 0 Å². The largest absolute Gasteiger partial charge is 0.444 e. The Hall–Kier alpha value is -1.55. The van der Waals surface area contributed by atoms with Crippen molar-refractivity contribution in [2.75, 3.05) is 13.1 Å². The summed E-state index contributed by atoms with van der Waals surface area (Å²) in [5.74, 6) is 0. The van der Waals surface area contributed by atoms with Gasteiger partial charge in [-0.25, -0.2) is 9.80 Å². The van der Waals surface area contributed by atoms with Gasteiger partial charge in [0.2, 0.25) is 0 Å². The quantitative estimate of drug-likeness (QED) is 0.846. The summed E-state index contributed by atoms with van der Waals surface area (Å²) in [6, 6.07) is 9.66. The maximum Gasteiger partial charge on any atom is 0.422 e. The van der Waals surface area contributed by atoms with Gasteiger partial charge in [-0.3, -0.25) is 5.43 Å². The third-order valence-corrected chi connectivity index (χ3v) is 2.57. The first-order valence-corrected chi connectivity index (χ1v) is 5.57. The van der Waals surface area contributed by atoms with Crippen molar-refractivity contribution in [3.8, 4) is 0 Å². The zero-order valence-corrected chi connectivity index (χ0v) is 9.19. The van der Waals surface area contributed by atoms with E-state index in [2.05, 4.69) is 5.43 Å². The maximum atomic E-state index is 11.4. The Morgan fingerprint density at radius 1 is 1.25 bits per heavy atom. The fourth-order valence-electron chi connectivity index (χ4n) is 1.71. The van der Waals surface area contributed by atoms with E-state index in [1.807, 2.05) is 35.3 Å². The van der Waals surface area contributed by atoms with Crippen LogP contribution in [0.5, 0.6) is 0 Å². The number of carbonyl (C=O) groups is 1. The number of carbonyl (C=O) groups excluding carboxylic acids is 1. The Balaban J connectivity index is 1.71. The van der Waals surface area contributed by atoms with Crippen LogP contribution < -0.4 is 5.43 Å². The lowest BCUT2D eigenvalue weighted by molar-refractivity contribution is 0.108. The first kappa shape index (κ1) is 11.0. The summed E-state index contributed by atoms with van der Waals surface area (Å²) in [6.07, 6.45) is 1.91. The van der Waals surface area contributed by atoms with Crippen LogP contribution >= 0.6 is 0 Å². The number of nitrogens with one attached hydrogen (secondary N) is 1. The maximum absolute atomic E-state index is 11.4. The molecule has 1 aliphatic heterocycles. The lowest BCUT2D eigenvalue weighted by atomic mass is 10.2. The van der Waals surface area contributed by atoms with Crippen LogP contribution in [0.2, 0.25) is 0 Å². The van der Waals surface area contributed by atoms with Crippen molar-refractivity contribution in [3.05, 3.63) is 35.9 Å². The minimum absolute atomic E-state index is 0.320. The molecule has 0 atom stereocenters. The molecule has 2 rings (SSSR count). The van der Waals surface area contributed by atoms with Gasteiger partial charge in [-0.15, -0.1) is 0 Å². The Morgan fingerprint density at radius 2 is 1.94 bits per heavy atom. The molecule has 0 aliphatic carbocycles. The van der Waals surface area contributed by atoms with Gasteiger partial charge in [0.25, 0.3) is 0 Å². The molecule has 1 amide bonds. The number of hydrazine groups is 1. The van der Waals surface area contributed by atoms with Crippen molar-refractivity contribution < 1.29 is 9.53 Å². The number of rotatable bonds is 3. The van der Waals surface area contributed by atoms with Crippen LogP contribution in [0, 0.1) is 0 Å². The van der Waals surface area contributed by atoms with Crippen LogP contribution in [0.3, 0.4) is 0 Å². The molecule has 1 fully saturated rings. The summed E-state index contributed by atoms with van der Waals surface area (Å²) in [5, 5.41) is 1.90. The molecule has 4 nitrogen and oxygen atoms in total. The highest BCUT2D eigenvalue weighted by Gasteiger charge is 2.14. The van der Waals surface area contributed by atoms with Crippen LogP contribution in [0.4, 0.5) is 4.79 Å². The Bertz CT molecular complexity index is 334. The second-order valence-corrected chi connectivity index (χ2v) is 3.87. The summed E-state index contributed by atoms with van der Waals surface area (Å²) in [6.45, 7) is 2.15. The third-order valence-electron chi connectivity index (χ3n) is 2.57. The van der Waals surface area contributed by atoms with Gasteiger partial charge in [0, 0.05) is 13.1 Å². The highest BCUT2D eigenvalue weighted by atomic mass is 16.6. The van der Waals surface area contributed by atoms with Gasteiger partial charge in [0.15, 0.2) is 0 Å². The van der Waals surface area contributed by atoms with Gasteiger partial charge in [0.1, 0.15) is 6.61 Å². The van der Waals surface area contributed by atoms with E-state index >= 15 is 0 Å². The molecule has 86 valence electrons. The Morgan fingerprint density at radius 3 is 2.62 bits per heavy atom. The number of benzene rings is 1.